The molecule has 0 aliphatic rings. The number of thiophene rings is 1. The van der Waals surface area contributed by atoms with E-state index in [1.165, 1.54) is 23.5 Å². The predicted molar refractivity (Wildman–Crippen MR) is 125 cm³/mol. The lowest BCUT2D eigenvalue weighted by Gasteiger charge is -2.05. The number of para-hydroxylation sites is 1. The highest BCUT2D eigenvalue weighted by atomic mass is 35.5. The summed E-state index contributed by atoms with van der Waals surface area (Å²) in [6.45, 7) is 0.252. The number of pyridine rings is 1. The SMILES string of the molecule is O=C(NCc1cn(-c2ccccc2)nc1-c1ccncc1)c1sc2cc(F)ccc2c1Cl. The lowest BCUT2D eigenvalue weighted by atomic mass is 10.1. The first kappa shape index (κ1) is 20.4. The molecule has 3 aromatic heterocycles. The molecule has 2 aromatic carbocycles. The summed E-state index contributed by atoms with van der Waals surface area (Å²) in [6.07, 6.45) is 5.30. The quantitative estimate of drug-likeness (QED) is 0.355. The summed E-state index contributed by atoms with van der Waals surface area (Å²) in [6, 6.07) is 17.8. The molecule has 1 amide bonds. The molecule has 5 aromatic rings. The number of carbonyl (C=O) groups is 1. The number of hydrogen-bond donors (Lipinski definition) is 1. The lowest BCUT2D eigenvalue weighted by molar-refractivity contribution is 0.0955. The van der Waals surface area contributed by atoms with E-state index in [9.17, 15) is 9.18 Å². The summed E-state index contributed by atoms with van der Waals surface area (Å²) in [5, 5.41) is 8.66. The van der Waals surface area contributed by atoms with Gasteiger partial charge >= 0.3 is 0 Å². The monoisotopic (exact) mass is 462 g/mol. The van der Waals surface area contributed by atoms with E-state index in [1.807, 2.05) is 48.7 Å². The van der Waals surface area contributed by atoms with Crippen LogP contribution in [0.3, 0.4) is 0 Å². The molecule has 0 aliphatic carbocycles. The van der Waals surface area contributed by atoms with E-state index in [0.717, 1.165) is 22.5 Å². The second-order valence-electron chi connectivity index (χ2n) is 7.09. The number of halogens is 2. The number of rotatable bonds is 5. The Morgan fingerprint density at radius 2 is 1.88 bits per heavy atom. The van der Waals surface area contributed by atoms with Crippen LogP contribution in [0, 0.1) is 5.82 Å². The van der Waals surface area contributed by atoms with Crippen LogP contribution < -0.4 is 5.32 Å². The van der Waals surface area contributed by atoms with Crippen LogP contribution in [0.1, 0.15) is 15.2 Å². The van der Waals surface area contributed by atoms with Gasteiger partial charge in [0, 0.05) is 46.3 Å². The van der Waals surface area contributed by atoms with Crippen molar-refractivity contribution >= 4 is 38.9 Å². The lowest BCUT2D eigenvalue weighted by Crippen LogP contribution is -2.22. The summed E-state index contributed by atoms with van der Waals surface area (Å²) >= 11 is 7.57. The molecule has 0 saturated heterocycles. The maximum atomic E-state index is 13.5. The van der Waals surface area contributed by atoms with Gasteiger partial charge in [0.2, 0.25) is 0 Å². The van der Waals surface area contributed by atoms with Crippen LogP contribution >= 0.6 is 22.9 Å². The highest BCUT2D eigenvalue weighted by Crippen LogP contribution is 2.35. The third-order valence-electron chi connectivity index (χ3n) is 5.00. The Balaban J connectivity index is 1.45. The number of nitrogens with one attached hydrogen (secondary N) is 1. The Bertz CT molecular complexity index is 1420. The zero-order valence-electron chi connectivity index (χ0n) is 16.6. The molecule has 5 nitrogen and oxygen atoms in total. The van der Waals surface area contributed by atoms with Crippen molar-refractivity contribution in [1.82, 2.24) is 20.1 Å². The second kappa shape index (κ2) is 8.53. The Kier molecular flexibility index (Phi) is 5.43. The van der Waals surface area contributed by atoms with Crippen molar-refractivity contribution in [2.45, 2.75) is 6.54 Å². The van der Waals surface area contributed by atoms with E-state index >= 15 is 0 Å². The minimum absolute atomic E-state index is 0.252. The fourth-order valence-corrected chi connectivity index (χ4v) is 4.90. The van der Waals surface area contributed by atoms with Crippen molar-refractivity contribution < 1.29 is 9.18 Å². The first-order valence-electron chi connectivity index (χ1n) is 9.80. The number of aromatic nitrogens is 3. The third-order valence-corrected chi connectivity index (χ3v) is 6.66. The van der Waals surface area contributed by atoms with E-state index in [0.29, 0.717) is 20.0 Å². The van der Waals surface area contributed by atoms with Crippen LogP contribution in [0.5, 0.6) is 0 Å². The van der Waals surface area contributed by atoms with Gasteiger partial charge in [0.1, 0.15) is 10.7 Å². The fraction of sp³-hybridized carbons (Fsp3) is 0.0417. The number of benzene rings is 2. The van der Waals surface area contributed by atoms with Crippen molar-refractivity contribution in [3.05, 3.63) is 101 Å². The van der Waals surface area contributed by atoms with Gasteiger partial charge in [0.15, 0.2) is 0 Å². The molecule has 0 bridgehead atoms. The first-order valence-corrected chi connectivity index (χ1v) is 11.0. The molecule has 0 unspecified atom stereocenters. The van der Waals surface area contributed by atoms with E-state index < -0.39 is 0 Å². The molecule has 0 radical (unpaired) electrons. The van der Waals surface area contributed by atoms with Gasteiger partial charge in [0.05, 0.1) is 16.4 Å². The maximum absolute atomic E-state index is 13.5. The molecule has 0 spiro atoms. The van der Waals surface area contributed by atoms with Crippen LogP contribution in [0.15, 0.2) is 79.3 Å². The Morgan fingerprint density at radius 3 is 2.66 bits per heavy atom. The average Bonchev–Trinajstić information content (AvgIpc) is 3.40. The number of nitrogens with zero attached hydrogens (tertiary/aromatic N) is 3. The Morgan fingerprint density at radius 1 is 1.09 bits per heavy atom. The van der Waals surface area contributed by atoms with Crippen molar-refractivity contribution in [2.75, 3.05) is 0 Å². The minimum atomic E-state index is -0.363. The largest absolute Gasteiger partial charge is 0.347 e. The van der Waals surface area contributed by atoms with Gasteiger partial charge in [-0.25, -0.2) is 9.07 Å². The summed E-state index contributed by atoms with van der Waals surface area (Å²) in [4.78, 5) is 17.3. The van der Waals surface area contributed by atoms with Crippen LogP contribution in [0.2, 0.25) is 5.02 Å². The molecule has 0 saturated carbocycles. The topological polar surface area (TPSA) is 59.8 Å². The zero-order valence-corrected chi connectivity index (χ0v) is 18.2. The second-order valence-corrected chi connectivity index (χ2v) is 8.52. The van der Waals surface area contributed by atoms with Gasteiger partial charge in [-0.2, -0.15) is 5.10 Å². The molecule has 8 heteroatoms. The molecule has 0 fully saturated rings. The predicted octanol–water partition coefficient (Wildman–Crippen LogP) is 5.87. The van der Waals surface area contributed by atoms with Crippen LogP contribution in [0.25, 0.3) is 27.0 Å². The highest BCUT2D eigenvalue weighted by Gasteiger charge is 2.19. The molecule has 32 heavy (non-hydrogen) atoms. The van der Waals surface area contributed by atoms with Gasteiger partial charge in [-0.1, -0.05) is 29.8 Å². The molecule has 0 aliphatic heterocycles. The third kappa shape index (κ3) is 3.88. The van der Waals surface area contributed by atoms with Crippen molar-refractivity contribution in [3.63, 3.8) is 0 Å². The molecule has 1 N–H and O–H groups in total. The van der Waals surface area contributed by atoms with Crippen molar-refractivity contribution in [2.24, 2.45) is 0 Å². The molecule has 0 atom stereocenters. The number of fused-ring (bicyclic) bond motifs is 1. The zero-order chi connectivity index (χ0) is 22.1. The summed E-state index contributed by atoms with van der Waals surface area (Å²) in [5.41, 5.74) is 3.40. The summed E-state index contributed by atoms with van der Waals surface area (Å²) < 4.78 is 16.0. The normalized spacial score (nSPS) is 11.1. The number of hydrogen-bond acceptors (Lipinski definition) is 4. The van der Waals surface area contributed by atoms with E-state index in [1.54, 1.807) is 23.1 Å². The smallest absolute Gasteiger partial charge is 0.263 e. The summed E-state index contributed by atoms with van der Waals surface area (Å²) in [7, 11) is 0. The van der Waals surface area contributed by atoms with E-state index in [-0.39, 0.29) is 18.3 Å². The van der Waals surface area contributed by atoms with E-state index in [2.05, 4.69) is 10.3 Å². The fourth-order valence-electron chi connectivity index (χ4n) is 3.45. The standard InChI is InChI=1S/C24H16ClFN4OS/c25-21-19-7-6-17(26)12-20(19)32-23(21)24(31)28-13-16-14-30(18-4-2-1-3-5-18)29-22(16)15-8-10-27-11-9-15/h1-12,14H,13H2,(H,28,31). The van der Waals surface area contributed by atoms with Crippen molar-refractivity contribution in [3.8, 4) is 16.9 Å². The highest BCUT2D eigenvalue weighted by molar-refractivity contribution is 7.21. The van der Waals surface area contributed by atoms with Crippen molar-refractivity contribution in [1.29, 1.82) is 0 Å². The van der Waals surface area contributed by atoms with Crippen LogP contribution in [0.4, 0.5) is 4.39 Å². The van der Waals surface area contributed by atoms with Gasteiger partial charge in [0.25, 0.3) is 5.91 Å². The molecule has 158 valence electrons. The molecular formula is C24H16ClFN4OS. The van der Waals surface area contributed by atoms with Gasteiger partial charge < -0.3 is 5.32 Å². The Hall–Kier alpha value is -3.55. The summed E-state index contributed by atoms with van der Waals surface area (Å²) in [5.74, 6) is -0.678. The average molecular weight is 463 g/mol. The Labute approximate surface area is 192 Å². The van der Waals surface area contributed by atoms with E-state index in [4.69, 9.17) is 16.7 Å². The van der Waals surface area contributed by atoms with Crippen LogP contribution in [-0.4, -0.2) is 20.7 Å². The maximum Gasteiger partial charge on any atom is 0.263 e. The van der Waals surface area contributed by atoms with Gasteiger partial charge in [-0.15, -0.1) is 11.3 Å². The molecule has 5 rings (SSSR count). The molecule has 3 heterocycles. The minimum Gasteiger partial charge on any atom is -0.347 e. The van der Waals surface area contributed by atoms with Gasteiger partial charge in [-0.3, -0.25) is 9.78 Å². The molecular weight excluding hydrogens is 447 g/mol. The number of amides is 1. The first-order chi connectivity index (χ1) is 15.6. The number of carbonyl (C=O) groups excluding carboxylic acids is 1. The van der Waals surface area contributed by atoms with Gasteiger partial charge in [-0.05, 0) is 42.5 Å². The van der Waals surface area contributed by atoms with Crippen LogP contribution in [-0.2, 0) is 6.54 Å².